The maximum atomic E-state index is 10.2. The van der Waals surface area contributed by atoms with Gasteiger partial charge in [-0.1, -0.05) is 30.3 Å². The number of hydrogen-bond donors (Lipinski definition) is 0. The molecule has 0 amide bonds. The molecule has 0 aliphatic carbocycles. The van der Waals surface area contributed by atoms with Gasteiger partial charge in [0.25, 0.3) is 6.67 Å². The Labute approximate surface area is 93.5 Å². The zero-order valence-corrected chi connectivity index (χ0v) is 9.63. The van der Waals surface area contributed by atoms with E-state index in [1.807, 2.05) is 30.3 Å². The van der Waals surface area contributed by atoms with Gasteiger partial charge < -0.3 is 0 Å². The van der Waals surface area contributed by atoms with Gasteiger partial charge >= 0.3 is 0 Å². The highest BCUT2D eigenvalue weighted by Gasteiger charge is 2.04. The van der Waals surface area contributed by atoms with E-state index in [0.29, 0.717) is 6.54 Å². The van der Waals surface area contributed by atoms with Crippen molar-refractivity contribution >= 4 is 17.0 Å². The summed E-state index contributed by atoms with van der Waals surface area (Å²) in [4.78, 5) is 11.5. The molecule has 1 rings (SSSR count). The molecular formula is C9H13BrN2O2. The summed E-state index contributed by atoms with van der Waals surface area (Å²) in [5.41, 5.74) is 1.09. The van der Waals surface area contributed by atoms with Crippen LogP contribution in [0.2, 0.25) is 0 Å². The molecule has 0 bridgehead atoms. The van der Waals surface area contributed by atoms with Crippen LogP contribution in [0, 0.1) is 10.1 Å². The van der Waals surface area contributed by atoms with E-state index in [1.165, 1.54) is 0 Å². The van der Waals surface area contributed by atoms with E-state index in [-0.39, 0.29) is 28.6 Å². The van der Waals surface area contributed by atoms with Crippen molar-refractivity contribution in [3.63, 3.8) is 0 Å². The molecule has 5 heteroatoms. The Morgan fingerprint density at radius 3 is 2.43 bits per heavy atom. The number of rotatable bonds is 4. The van der Waals surface area contributed by atoms with E-state index in [0.717, 1.165) is 5.56 Å². The smallest absolute Gasteiger partial charge is 0.259 e. The highest BCUT2D eigenvalue weighted by atomic mass is 79.9. The van der Waals surface area contributed by atoms with E-state index in [2.05, 4.69) is 0 Å². The van der Waals surface area contributed by atoms with Crippen LogP contribution in [0.15, 0.2) is 30.3 Å². The van der Waals surface area contributed by atoms with Gasteiger partial charge in [0.05, 0.1) is 0 Å². The van der Waals surface area contributed by atoms with Crippen LogP contribution in [0.3, 0.4) is 0 Å². The van der Waals surface area contributed by atoms with Gasteiger partial charge in [-0.2, -0.15) is 0 Å². The fourth-order valence-electron chi connectivity index (χ4n) is 1.14. The molecule has 0 atom stereocenters. The summed E-state index contributed by atoms with van der Waals surface area (Å²) in [7, 11) is 1.73. The van der Waals surface area contributed by atoms with Crippen molar-refractivity contribution in [2.75, 3.05) is 13.7 Å². The normalized spacial score (nSPS) is 9.57. The molecule has 14 heavy (non-hydrogen) atoms. The van der Waals surface area contributed by atoms with Crippen molar-refractivity contribution in [1.82, 2.24) is 4.90 Å². The lowest BCUT2D eigenvalue weighted by atomic mass is 10.2. The summed E-state index contributed by atoms with van der Waals surface area (Å²) in [6, 6.07) is 9.69. The van der Waals surface area contributed by atoms with Crippen molar-refractivity contribution in [1.29, 1.82) is 0 Å². The predicted molar refractivity (Wildman–Crippen MR) is 60.1 cm³/mol. The minimum Gasteiger partial charge on any atom is -0.263 e. The first-order valence-electron chi connectivity index (χ1n) is 4.03. The van der Waals surface area contributed by atoms with Crippen molar-refractivity contribution < 1.29 is 4.92 Å². The summed E-state index contributed by atoms with van der Waals surface area (Å²) in [5.74, 6) is 0. The highest BCUT2D eigenvalue weighted by molar-refractivity contribution is 8.93. The second-order valence-corrected chi connectivity index (χ2v) is 2.97. The number of nitrogens with zero attached hydrogens (tertiary/aromatic N) is 2. The van der Waals surface area contributed by atoms with Crippen molar-refractivity contribution in [3.8, 4) is 0 Å². The summed E-state index contributed by atoms with van der Waals surface area (Å²) in [6.07, 6.45) is 0. The second-order valence-electron chi connectivity index (χ2n) is 2.97. The monoisotopic (exact) mass is 260 g/mol. The third-order valence-electron chi connectivity index (χ3n) is 1.65. The Balaban J connectivity index is 0.00000169. The van der Waals surface area contributed by atoms with Crippen LogP contribution in [0.5, 0.6) is 0 Å². The van der Waals surface area contributed by atoms with E-state index < -0.39 is 0 Å². The molecule has 0 radical (unpaired) electrons. The van der Waals surface area contributed by atoms with Gasteiger partial charge in [0.1, 0.15) is 0 Å². The molecule has 1 aromatic carbocycles. The molecule has 0 saturated heterocycles. The van der Waals surface area contributed by atoms with E-state index in [9.17, 15) is 10.1 Å². The average molecular weight is 261 g/mol. The lowest BCUT2D eigenvalue weighted by Crippen LogP contribution is -2.24. The quantitative estimate of drug-likeness (QED) is 0.472. The Kier molecular flexibility index (Phi) is 6.07. The van der Waals surface area contributed by atoms with Gasteiger partial charge in [0.2, 0.25) is 0 Å². The van der Waals surface area contributed by atoms with Crippen molar-refractivity contribution in [3.05, 3.63) is 46.0 Å². The number of hydrogen-bond acceptors (Lipinski definition) is 3. The summed E-state index contributed by atoms with van der Waals surface area (Å²) < 4.78 is 0. The predicted octanol–water partition coefficient (Wildman–Crippen LogP) is 1.93. The molecule has 0 aliphatic heterocycles. The van der Waals surface area contributed by atoms with E-state index >= 15 is 0 Å². The fourth-order valence-corrected chi connectivity index (χ4v) is 1.14. The van der Waals surface area contributed by atoms with Crippen molar-refractivity contribution in [2.24, 2.45) is 0 Å². The van der Waals surface area contributed by atoms with Gasteiger partial charge in [-0.25, -0.2) is 4.90 Å². The maximum Gasteiger partial charge on any atom is 0.259 e. The molecule has 0 fully saturated rings. The molecule has 0 saturated carbocycles. The van der Waals surface area contributed by atoms with Crippen LogP contribution in [-0.2, 0) is 6.54 Å². The van der Waals surface area contributed by atoms with Gasteiger partial charge in [-0.15, -0.1) is 17.0 Å². The SMILES string of the molecule is Br.CN(Cc1ccccc1)C[N+](=O)[O-]. The molecule has 0 N–H and O–H groups in total. The van der Waals surface area contributed by atoms with E-state index in [4.69, 9.17) is 0 Å². The van der Waals surface area contributed by atoms with Crippen molar-refractivity contribution in [2.45, 2.75) is 6.54 Å². The van der Waals surface area contributed by atoms with Crippen LogP contribution in [0.1, 0.15) is 5.56 Å². The van der Waals surface area contributed by atoms with Crippen LogP contribution in [0.4, 0.5) is 0 Å². The summed E-state index contributed by atoms with van der Waals surface area (Å²) in [5, 5.41) is 10.2. The van der Waals surface area contributed by atoms with Gasteiger partial charge in [-0.05, 0) is 12.6 Å². The first-order valence-corrected chi connectivity index (χ1v) is 4.03. The van der Waals surface area contributed by atoms with E-state index in [1.54, 1.807) is 11.9 Å². The molecule has 4 nitrogen and oxygen atoms in total. The number of nitro groups is 1. The minimum atomic E-state index is -0.330. The third-order valence-corrected chi connectivity index (χ3v) is 1.65. The van der Waals surface area contributed by atoms with Crippen LogP contribution in [0.25, 0.3) is 0 Å². The first-order chi connectivity index (χ1) is 6.18. The summed E-state index contributed by atoms with van der Waals surface area (Å²) >= 11 is 0. The maximum absolute atomic E-state index is 10.2. The molecule has 0 aliphatic rings. The molecule has 0 aromatic heterocycles. The average Bonchev–Trinajstić information content (AvgIpc) is 2.04. The number of benzene rings is 1. The zero-order chi connectivity index (χ0) is 9.68. The molecule has 0 spiro atoms. The Morgan fingerprint density at radius 1 is 1.36 bits per heavy atom. The Bertz CT molecular complexity index is 279. The molecule has 0 unspecified atom stereocenters. The van der Waals surface area contributed by atoms with Gasteiger partial charge in [0.15, 0.2) is 0 Å². The zero-order valence-electron chi connectivity index (χ0n) is 7.92. The molecule has 1 aromatic rings. The first kappa shape index (κ1) is 13.1. The lowest BCUT2D eigenvalue weighted by Gasteiger charge is -2.10. The van der Waals surface area contributed by atoms with Crippen LogP contribution < -0.4 is 0 Å². The Morgan fingerprint density at radius 2 is 1.93 bits per heavy atom. The third kappa shape index (κ3) is 4.94. The second kappa shape index (κ2) is 6.50. The topological polar surface area (TPSA) is 46.4 Å². The van der Waals surface area contributed by atoms with Crippen LogP contribution in [-0.4, -0.2) is 23.5 Å². The van der Waals surface area contributed by atoms with Gasteiger partial charge in [0, 0.05) is 11.5 Å². The lowest BCUT2D eigenvalue weighted by molar-refractivity contribution is -0.503. The molecule has 78 valence electrons. The Hall–Kier alpha value is -0.940. The van der Waals surface area contributed by atoms with Crippen LogP contribution >= 0.6 is 17.0 Å². The molecular weight excluding hydrogens is 248 g/mol. The molecule has 0 heterocycles. The van der Waals surface area contributed by atoms with Gasteiger partial charge in [-0.3, -0.25) is 10.1 Å². The summed E-state index contributed by atoms with van der Waals surface area (Å²) in [6.45, 7) is 0.497. The highest BCUT2D eigenvalue weighted by Crippen LogP contribution is 2.01. The standard InChI is InChI=1S/C9H12N2O2.BrH/c1-10(8-11(12)13)7-9-5-3-2-4-6-9;/h2-6H,7-8H2,1H3;1H. The largest absolute Gasteiger partial charge is 0.263 e. The minimum absolute atomic E-state index is 0. The number of halogens is 1. The fraction of sp³-hybridized carbons (Fsp3) is 0.333.